The van der Waals surface area contributed by atoms with Crippen molar-refractivity contribution in [3.8, 4) is 0 Å². The highest BCUT2D eigenvalue weighted by molar-refractivity contribution is 9.10. The van der Waals surface area contributed by atoms with Crippen molar-refractivity contribution in [3.63, 3.8) is 0 Å². The quantitative estimate of drug-likeness (QED) is 0.784. The van der Waals surface area contributed by atoms with Crippen LogP contribution < -0.4 is 4.90 Å². The average molecular weight is 338 g/mol. The summed E-state index contributed by atoms with van der Waals surface area (Å²) in [6.07, 6.45) is 0.880. The molecule has 1 aromatic carbocycles. The van der Waals surface area contributed by atoms with Crippen LogP contribution in [-0.4, -0.2) is 56.0 Å². The molecule has 2 aliphatic heterocycles. The number of aldehydes is 1. The maximum Gasteiger partial charge on any atom is 0.185 e. The van der Waals surface area contributed by atoms with Gasteiger partial charge >= 0.3 is 0 Å². The van der Waals surface area contributed by atoms with Gasteiger partial charge in [0.25, 0.3) is 0 Å². The lowest BCUT2D eigenvalue weighted by Gasteiger charge is -2.30. The molecule has 1 unspecified atom stereocenters. The van der Waals surface area contributed by atoms with E-state index in [1.54, 1.807) is 0 Å². The molecule has 1 aromatic rings. The highest BCUT2D eigenvalue weighted by Crippen LogP contribution is 2.23. The van der Waals surface area contributed by atoms with Crippen LogP contribution in [0.4, 0.5) is 5.69 Å². The minimum atomic E-state index is 0.0442. The van der Waals surface area contributed by atoms with E-state index in [4.69, 9.17) is 4.74 Å². The summed E-state index contributed by atoms with van der Waals surface area (Å²) in [5.74, 6) is 0.504. The van der Waals surface area contributed by atoms with Crippen LogP contribution in [0.15, 0.2) is 33.7 Å². The molecule has 3 rings (SSSR count). The summed E-state index contributed by atoms with van der Waals surface area (Å²) >= 11 is 3.42. The number of morpholine rings is 1. The lowest BCUT2D eigenvalue weighted by molar-refractivity contribution is -0.102. The van der Waals surface area contributed by atoms with Gasteiger partial charge in [-0.05, 0) is 24.3 Å². The number of nitrogens with zero attached hydrogens (tertiary/aromatic N) is 3. The Labute approximate surface area is 126 Å². The zero-order valence-electron chi connectivity index (χ0n) is 11.0. The normalized spacial score (nSPS) is 23.8. The molecule has 0 radical (unpaired) electrons. The summed E-state index contributed by atoms with van der Waals surface area (Å²) in [6.45, 7) is 3.93. The third-order valence-corrected chi connectivity index (χ3v) is 4.14. The number of ether oxygens (including phenoxy) is 1. The molecule has 6 heteroatoms. The van der Waals surface area contributed by atoms with Crippen LogP contribution in [-0.2, 0) is 9.53 Å². The minimum absolute atomic E-state index is 0.0442. The van der Waals surface area contributed by atoms with Crippen LogP contribution in [0.2, 0.25) is 0 Å². The monoisotopic (exact) mass is 337 g/mol. The Kier molecular flexibility index (Phi) is 4.14. The van der Waals surface area contributed by atoms with E-state index < -0.39 is 0 Å². The molecular formula is C14H16BrN3O2. The van der Waals surface area contributed by atoms with Gasteiger partial charge in [-0.15, -0.1) is 0 Å². The van der Waals surface area contributed by atoms with E-state index in [0.29, 0.717) is 5.84 Å². The van der Waals surface area contributed by atoms with Crippen LogP contribution in [0.3, 0.4) is 0 Å². The molecule has 0 amide bonds. The van der Waals surface area contributed by atoms with Crippen LogP contribution in [0.5, 0.6) is 0 Å². The first-order chi connectivity index (χ1) is 9.78. The van der Waals surface area contributed by atoms with Crippen LogP contribution in [0.25, 0.3) is 0 Å². The van der Waals surface area contributed by atoms with Gasteiger partial charge in [0, 0.05) is 23.2 Å². The SMILES string of the molecule is O=CC1=NC(N2CCOCC2)CN1c1ccc(Br)cc1. The van der Waals surface area contributed by atoms with Crippen LogP contribution >= 0.6 is 15.9 Å². The van der Waals surface area contributed by atoms with Crippen molar-refractivity contribution in [2.75, 3.05) is 37.7 Å². The first kappa shape index (κ1) is 13.7. The summed E-state index contributed by atoms with van der Waals surface area (Å²) < 4.78 is 6.38. The van der Waals surface area contributed by atoms with Gasteiger partial charge in [-0.25, -0.2) is 4.99 Å². The fraction of sp³-hybridized carbons (Fsp3) is 0.429. The number of carbonyl (C=O) groups is 1. The van der Waals surface area contributed by atoms with Crippen LogP contribution in [0.1, 0.15) is 0 Å². The van der Waals surface area contributed by atoms with E-state index in [2.05, 4.69) is 25.8 Å². The summed E-state index contributed by atoms with van der Waals surface area (Å²) in [5, 5.41) is 0. The molecule has 106 valence electrons. The van der Waals surface area contributed by atoms with Crippen molar-refractivity contribution in [1.82, 2.24) is 4.90 Å². The molecule has 0 N–H and O–H groups in total. The predicted molar refractivity (Wildman–Crippen MR) is 81.2 cm³/mol. The Morgan fingerprint density at radius 2 is 1.95 bits per heavy atom. The van der Waals surface area contributed by atoms with Gasteiger partial charge < -0.3 is 9.64 Å². The number of benzene rings is 1. The number of hydrogen-bond acceptors (Lipinski definition) is 5. The van der Waals surface area contributed by atoms with E-state index in [1.165, 1.54) is 0 Å². The lowest BCUT2D eigenvalue weighted by Crippen LogP contribution is -2.45. The predicted octanol–water partition coefficient (Wildman–Crippen LogP) is 1.52. The van der Waals surface area contributed by atoms with Gasteiger partial charge in [0.05, 0.1) is 19.8 Å². The lowest BCUT2D eigenvalue weighted by atomic mass is 10.2. The maximum absolute atomic E-state index is 11.3. The molecule has 2 heterocycles. The second-order valence-electron chi connectivity index (χ2n) is 4.82. The Balaban J connectivity index is 1.78. The molecule has 20 heavy (non-hydrogen) atoms. The van der Waals surface area contributed by atoms with E-state index in [1.807, 2.05) is 29.2 Å². The van der Waals surface area contributed by atoms with Gasteiger partial charge in [0.1, 0.15) is 6.17 Å². The van der Waals surface area contributed by atoms with Gasteiger partial charge in [0.15, 0.2) is 12.1 Å². The molecule has 1 fully saturated rings. The standard InChI is InChI=1S/C14H16BrN3O2/c15-11-1-3-12(4-2-11)18-9-13(16-14(18)10-19)17-5-7-20-8-6-17/h1-4,10,13H,5-9H2. The van der Waals surface area contributed by atoms with E-state index in [9.17, 15) is 4.79 Å². The van der Waals surface area contributed by atoms with Gasteiger partial charge in [-0.2, -0.15) is 0 Å². The number of halogens is 1. The Hall–Kier alpha value is -1.24. The second-order valence-corrected chi connectivity index (χ2v) is 5.74. The fourth-order valence-electron chi connectivity index (χ4n) is 2.55. The van der Waals surface area contributed by atoms with Gasteiger partial charge in [-0.1, -0.05) is 15.9 Å². The second kappa shape index (κ2) is 6.03. The van der Waals surface area contributed by atoms with Crippen LogP contribution in [0, 0.1) is 0 Å². The third kappa shape index (κ3) is 2.77. The molecule has 1 saturated heterocycles. The first-order valence-corrected chi connectivity index (χ1v) is 7.45. The van der Waals surface area contributed by atoms with Crippen molar-refractivity contribution >= 4 is 33.7 Å². The summed E-state index contributed by atoms with van der Waals surface area (Å²) in [5.41, 5.74) is 0.995. The number of amidine groups is 1. The van der Waals surface area contributed by atoms with E-state index in [-0.39, 0.29) is 6.17 Å². The van der Waals surface area contributed by atoms with Crippen molar-refractivity contribution in [1.29, 1.82) is 0 Å². The van der Waals surface area contributed by atoms with Gasteiger partial charge in [0.2, 0.25) is 0 Å². The average Bonchev–Trinajstić information content (AvgIpc) is 2.93. The van der Waals surface area contributed by atoms with E-state index >= 15 is 0 Å². The smallest absolute Gasteiger partial charge is 0.185 e. The largest absolute Gasteiger partial charge is 0.379 e. The number of hydrogen-bond donors (Lipinski definition) is 0. The summed E-state index contributed by atoms with van der Waals surface area (Å²) in [6, 6.07) is 7.93. The molecule has 0 aromatic heterocycles. The van der Waals surface area contributed by atoms with Crippen molar-refractivity contribution in [3.05, 3.63) is 28.7 Å². The van der Waals surface area contributed by atoms with Gasteiger partial charge in [-0.3, -0.25) is 9.69 Å². The Bertz CT molecular complexity index is 512. The molecule has 0 saturated carbocycles. The van der Waals surface area contributed by atoms with E-state index in [0.717, 1.165) is 49.3 Å². The maximum atomic E-state index is 11.3. The molecule has 1 atom stereocenters. The zero-order chi connectivity index (χ0) is 13.9. The molecular weight excluding hydrogens is 322 g/mol. The highest BCUT2D eigenvalue weighted by atomic mass is 79.9. The summed E-state index contributed by atoms with van der Waals surface area (Å²) in [7, 11) is 0. The number of rotatable bonds is 3. The molecule has 0 aliphatic carbocycles. The molecule has 5 nitrogen and oxygen atoms in total. The third-order valence-electron chi connectivity index (χ3n) is 3.61. The number of anilines is 1. The number of carbonyl (C=O) groups excluding carboxylic acids is 1. The number of aliphatic imine (C=N–C) groups is 1. The Morgan fingerprint density at radius 1 is 1.25 bits per heavy atom. The fourth-order valence-corrected chi connectivity index (χ4v) is 2.81. The zero-order valence-corrected chi connectivity index (χ0v) is 12.6. The Morgan fingerprint density at radius 3 is 2.60 bits per heavy atom. The van der Waals surface area contributed by atoms with Crippen molar-refractivity contribution in [2.45, 2.75) is 6.17 Å². The molecule has 0 spiro atoms. The molecule has 0 bridgehead atoms. The topological polar surface area (TPSA) is 45.1 Å². The van der Waals surface area contributed by atoms with Crippen molar-refractivity contribution in [2.24, 2.45) is 4.99 Å². The minimum Gasteiger partial charge on any atom is -0.379 e. The summed E-state index contributed by atoms with van der Waals surface area (Å²) in [4.78, 5) is 20.0. The highest BCUT2D eigenvalue weighted by Gasteiger charge is 2.30. The molecule has 2 aliphatic rings. The van der Waals surface area contributed by atoms with Crippen molar-refractivity contribution < 1.29 is 9.53 Å². The first-order valence-electron chi connectivity index (χ1n) is 6.66.